The second-order valence-electron chi connectivity index (χ2n) is 15.8. The van der Waals surface area contributed by atoms with Crippen LogP contribution in [0.25, 0.3) is 21.5 Å². The van der Waals surface area contributed by atoms with Gasteiger partial charge in [0.2, 0.25) is 5.69 Å². The molecule has 61 heavy (non-hydrogen) atoms. The van der Waals surface area contributed by atoms with Gasteiger partial charge in [0.15, 0.2) is 5.71 Å². The van der Waals surface area contributed by atoms with Crippen molar-refractivity contribution in [1.82, 2.24) is 0 Å². The van der Waals surface area contributed by atoms with Crippen molar-refractivity contribution < 1.29 is 69.4 Å². The van der Waals surface area contributed by atoms with Crippen molar-refractivity contribution >= 4 is 89.2 Å². The summed E-state index contributed by atoms with van der Waals surface area (Å²) in [5.74, 6) is -1.34. The molecule has 0 bridgehead atoms. The third-order valence-electron chi connectivity index (χ3n) is 11.2. The quantitative estimate of drug-likeness (QED) is 0.0864. The Morgan fingerprint density at radius 3 is 1.95 bits per heavy atom. The van der Waals surface area contributed by atoms with Gasteiger partial charge in [-0.3, -0.25) is 18.2 Å². The topological polar surface area (TPSA) is 281 Å². The van der Waals surface area contributed by atoms with Crippen LogP contribution in [0, 0.1) is 0 Å². The minimum Gasteiger partial charge on any atom is -0.748 e. The minimum atomic E-state index is -4.98. The molecule has 330 valence electrons. The summed E-state index contributed by atoms with van der Waals surface area (Å²) in [6.07, 6.45) is 5.61. The second kappa shape index (κ2) is 15.9. The molecule has 1 unspecified atom stereocenters. The molecule has 17 nitrogen and oxygen atoms in total. The lowest BCUT2D eigenvalue weighted by Gasteiger charge is -2.31. The lowest BCUT2D eigenvalue weighted by molar-refractivity contribution is -0.437. The summed E-state index contributed by atoms with van der Waals surface area (Å²) in [6, 6.07) is 12.3. The smallest absolute Gasteiger partial charge is 0.295 e. The molecule has 1 atom stereocenters. The highest BCUT2D eigenvalue weighted by molar-refractivity contribution is 7.87. The largest absolute Gasteiger partial charge is 0.748 e. The van der Waals surface area contributed by atoms with Gasteiger partial charge in [0.25, 0.3) is 40.5 Å². The van der Waals surface area contributed by atoms with Crippen LogP contribution in [-0.2, 0) is 61.4 Å². The Kier molecular flexibility index (Phi) is 12.1. The number of benzene rings is 4. The zero-order chi connectivity index (χ0) is 45.3. The molecule has 0 spiro atoms. The van der Waals surface area contributed by atoms with Gasteiger partial charge >= 0.3 is 0 Å². The van der Waals surface area contributed by atoms with Crippen molar-refractivity contribution in [3.8, 4) is 0 Å². The molecule has 0 saturated heterocycles. The Hall–Kier alpha value is -4.10. The maximum absolute atomic E-state index is 12.5. The van der Waals surface area contributed by atoms with Crippen molar-refractivity contribution in [2.75, 3.05) is 29.5 Å². The molecule has 6 rings (SSSR count). The molecule has 4 N–H and O–H groups in total. The predicted molar refractivity (Wildman–Crippen MR) is 227 cm³/mol. The zero-order valence-corrected chi connectivity index (χ0v) is 37.4. The van der Waals surface area contributed by atoms with Crippen molar-refractivity contribution in [1.29, 1.82) is 0 Å². The van der Waals surface area contributed by atoms with Crippen LogP contribution in [0.4, 0.5) is 11.4 Å². The van der Waals surface area contributed by atoms with E-state index in [-0.39, 0.29) is 36.6 Å². The molecule has 2 aliphatic rings. The van der Waals surface area contributed by atoms with Gasteiger partial charge in [-0.25, -0.2) is 8.42 Å². The molecule has 0 aliphatic carbocycles. The summed E-state index contributed by atoms with van der Waals surface area (Å²) in [6.45, 7) is 7.74. The molecular weight excluding hydrogens is 897 g/mol. The number of fused-ring (bicyclic) bond motifs is 6. The second-order valence-corrected chi connectivity index (χ2v) is 23.1. The fourth-order valence-electron chi connectivity index (χ4n) is 8.78. The summed E-state index contributed by atoms with van der Waals surface area (Å²) in [5, 5.41) is 1.09. The first-order valence-corrected chi connectivity index (χ1v) is 26.3. The Morgan fingerprint density at radius 1 is 0.721 bits per heavy atom. The van der Waals surface area contributed by atoms with E-state index in [2.05, 4.69) is 0 Å². The molecule has 0 radical (unpaired) electrons. The molecule has 0 aromatic heterocycles. The Bertz CT molecular complexity index is 3180. The number of hydrogen-bond acceptors (Lipinski definition) is 12. The van der Waals surface area contributed by atoms with E-state index >= 15 is 0 Å². The molecular formula is C39H44N2O15S5. The molecule has 0 fully saturated rings. The molecule has 22 heteroatoms. The first-order chi connectivity index (χ1) is 28.0. The number of allylic oxidation sites excluding steroid dienone is 4. The van der Waals surface area contributed by atoms with Crippen molar-refractivity contribution in [3.63, 3.8) is 0 Å². The predicted octanol–water partition coefficient (Wildman–Crippen LogP) is 5.34. The normalized spacial score (nSPS) is 19.2. The SMILES string of the molecule is CCC[N+]1=C(/C=C/C=C2/N(CCCS(=O)(=O)[O-])c3ccc4ccc(S(=O)(=O)O)cc4c3C2(C)CCCS(=O)(=O)O)C(C)(C)c2c1ccc1c(S(=O)(=O)O)cc(S(=O)(=O)O)cc21. The number of anilines is 1. The molecule has 2 aliphatic heterocycles. The third-order valence-corrected chi connectivity index (χ3v) is 15.4. The summed E-state index contributed by atoms with van der Waals surface area (Å²) in [4.78, 5) is -0.127. The van der Waals surface area contributed by atoms with E-state index in [4.69, 9.17) is 0 Å². The first-order valence-electron chi connectivity index (χ1n) is 18.8. The Labute approximate surface area is 354 Å². The summed E-state index contributed by atoms with van der Waals surface area (Å²) in [5.41, 5.74) is 1.04. The van der Waals surface area contributed by atoms with Crippen LogP contribution < -0.4 is 4.90 Å². The van der Waals surface area contributed by atoms with Gasteiger partial charge in [0, 0.05) is 58.6 Å². The summed E-state index contributed by atoms with van der Waals surface area (Å²) >= 11 is 0. The lowest BCUT2D eigenvalue weighted by atomic mass is 9.75. The maximum Gasteiger partial charge on any atom is 0.295 e. The van der Waals surface area contributed by atoms with Crippen LogP contribution in [0.3, 0.4) is 0 Å². The molecule has 2 heterocycles. The Balaban J connectivity index is 1.58. The van der Waals surface area contributed by atoms with Crippen LogP contribution in [0.15, 0.2) is 93.2 Å². The zero-order valence-electron chi connectivity index (χ0n) is 33.3. The number of nitrogens with zero attached hydrogens (tertiary/aromatic N) is 2. The summed E-state index contributed by atoms with van der Waals surface area (Å²) < 4.78 is 175. The highest BCUT2D eigenvalue weighted by Crippen LogP contribution is 2.54. The van der Waals surface area contributed by atoms with Gasteiger partial charge in [-0.05, 0) is 104 Å². The van der Waals surface area contributed by atoms with E-state index < -0.39 is 87.6 Å². The molecule has 0 amide bonds. The fraction of sp³-hybridized carbons (Fsp3) is 0.359. The van der Waals surface area contributed by atoms with Crippen molar-refractivity contribution in [2.24, 2.45) is 0 Å². The van der Waals surface area contributed by atoms with E-state index in [9.17, 15) is 64.9 Å². The molecule has 4 aromatic carbocycles. The van der Waals surface area contributed by atoms with E-state index in [0.29, 0.717) is 63.7 Å². The van der Waals surface area contributed by atoms with Crippen LogP contribution in [0.5, 0.6) is 0 Å². The van der Waals surface area contributed by atoms with Gasteiger partial charge < -0.3 is 9.45 Å². The van der Waals surface area contributed by atoms with Crippen molar-refractivity contribution in [2.45, 2.75) is 78.9 Å². The fourth-order valence-corrected chi connectivity index (χ4v) is 11.6. The minimum absolute atomic E-state index is 0.00928. The third kappa shape index (κ3) is 9.19. The summed E-state index contributed by atoms with van der Waals surface area (Å²) in [7, 11) is -23.7. The van der Waals surface area contributed by atoms with Gasteiger partial charge in [-0.2, -0.15) is 38.2 Å². The molecule has 0 saturated carbocycles. The van der Waals surface area contributed by atoms with Gasteiger partial charge in [-0.1, -0.05) is 25.1 Å². The lowest BCUT2D eigenvalue weighted by Crippen LogP contribution is -2.31. The average Bonchev–Trinajstić information content (AvgIpc) is 3.48. The van der Waals surface area contributed by atoms with Crippen LogP contribution in [0.2, 0.25) is 0 Å². The monoisotopic (exact) mass is 940 g/mol. The van der Waals surface area contributed by atoms with Gasteiger partial charge in [0.1, 0.15) is 11.4 Å². The van der Waals surface area contributed by atoms with Crippen LogP contribution >= 0.6 is 0 Å². The highest BCUT2D eigenvalue weighted by atomic mass is 32.2. The van der Waals surface area contributed by atoms with E-state index in [1.54, 1.807) is 48.3 Å². The van der Waals surface area contributed by atoms with Crippen molar-refractivity contribution in [3.05, 3.63) is 89.6 Å². The van der Waals surface area contributed by atoms with E-state index in [1.165, 1.54) is 24.3 Å². The average molecular weight is 941 g/mol. The van der Waals surface area contributed by atoms with Crippen LogP contribution in [-0.4, -0.2) is 99.7 Å². The number of hydrogen-bond donors (Lipinski definition) is 4. The van der Waals surface area contributed by atoms with E-state index in [0.717, 1.165) is 6.07 Å². The standard InChI is InChI=1S/C39H44N2O15S5/c1-5-18-40-31-16-14-28-30(23-27(60(51,52)53)24-33(28)61(54,55)56)36(31)38(2,3)34(40)9-6-10-35-39(4,17-7-20-57(42,43)44)37-29-22-26(59(48,49)50)13-11-25(29)12-15-32(37)41(35)19-8-21-58(45,46)47/h6,9-16,22-24H,5,7-8,17-21H2,1-4H3,(H4-,42,43,44,45,46,47,48,49,50,51,52,53,54,55,56). The molecule has 4 aromatic rings. The highest BCUT2D eigenvalue weighted by Gasteiger charge is 2.47. The maximum atomic E-state index is 12.5. The van der Waals surface area contributed by atoms with Gasteiger partial charge in [0.05, 0.1) is 31.1 Å². The van der Waals surface area contributed by atoms with Crippen LogP contribution in [0.1, 0.15) is 64.5 Å². The van der Waals surface area contributed by atoms with E-state index in [1.807, 2.05) is 25.3 Å². The first kappa shape index (κ1) is 46.4. The van der Waals surface area contributed by atoms with Gasteiger partial charge in [-0.15, -0.1) is 0 Å². The Morgan fingerprint density at radius 2 is 1.36 bits per heavy atom. The number of rotatable bonds is 15.